The Morgan fingerprint density at radius 3 is 2.86 bits per heavy atom. The average Bonchev–Trinajstić information content (AvgIpc) is 3.54. The van der Waals surface area contributed by atoms with E-state index in [9.17, 15) is 4.79 Å². The number of rotatable bonds is 9. The number of hydrogen-bond acceptors (Lipinski definition) is 6. The number of aromatic nitrogens is 2. The van der Waals surface area contributed by atoms with Crippen molar-refractivity contribution in [2.45, 2.75) is 19.5 Å². The van der Waals surface area contributed by atoms with E-state index in [1.807, 2.05) is 24.3 Å². The van der Waals surface area contributed by atoms with Gasteiger partial charge in [-0.25, -0.2) is 4.98 Å². The SMILES string of the molecule is COc1cccc(CN(CCc2c[nH]c3ccccc23)Cc2nc(C(=O)N3CCOCC3)co2)c1. The lowest BCUT2D eigenvalue weighted by Gasteiger charge is -2.25. The summed E-state index contributed by atoms with van der Waals surface area (Å²) in [5.41, 5.74) is 3.90. The molecule has 3 heterocycles. The van der Waals surface area contributed by atoms with E-state index in [0.29, 0.717) is 51.0 Å². The monoisotopic (exact) mass is 474 g/mol. The third-order valence-corrected chi connectivity index (χ3v) is 6.34. The molecule has 0 aliphatic carbocycles. The number of ether oxygens (including phenoxy) is 2. The van der Waals surface area contributed by atoms with Gasteiger partial charge in [0.15, 0.2) is 5.69 Å². The first kappa shape index (κ1) is 23.1. The Hall–Kier alpha value is -3.62. The van der Waals surface area contributed by atoms with Crippen LogP contribution < -0.4 is 4.74 Å². The zero-order chi connectivity index (χ0) is 24.0. The minimum absolute atomic E-state index is 0.110. The lowest BCUT2D eigenvalue weighted by molar-refractivity contribution is 0.0299. The van der Waals surface area contributed by atoms with Crippen molar-refractivity contribution in [1.82, 2.24) is 19.8 Å². The maximum atomic E-state index is 12.8. The number of carbonyl (C=O) groups is 1. The van der Waals surface area contributed by atoms with E-state index in [1.165, 1.54) is 17.2 Å². The number of oxazole rings is 1. The molecule has 1 fully saturated rings. The highest BCUT2D eigenvalue weighted by molar-refractivity contribution is 5.92. The molecule has 8 heteroatoms. The van der Waals surface area contributed by atoms with Crippen LogP contribution in [0, 0.1) is 0 Å². The maximum Gasteiger partial charge on any atom is 0.275 e. The van der Waals surface area contributed by atoms with Gasteiger partial charge in [-0.05, 0) is 35.7 Å². The summed E-state index contributed by atoms with van der Waals surface area (Å²) in [6, 6.07) is 16.4. The van der Waals surface area contributed by atoms with Crippen molar-refractivity contribution in [3.05, 3.63) is 83.7 Å². The van der Waals surface area contributed by atoms with Crippen LogP contribution >= 0.6 is 0 Å². The smallest absolute Gasteiger partial charge is 0.275 e. The number of hydrogen-bond donors (Lipinski definition) is 1. The van der Waals surface area contributed by atoms with E-state index in [2.05, 4.69) is 45.3 Å². The van der Waals surface area contributed by atoms with Gasteiger partial charge in [0.1, 0.15) is 12.0 Å². The molecule has 0 bridgehead atoms. The molecule has 35 heavy (non-hydrogen) atoms. The molecule has 2 aromatic carbocycles. The normalized spacial score (nSPS) is 14.1. The molecular weight excluding hydrogens is 444 g/mol. The van der Waals surface area contributed by atoms with Crippen molar-refractivity contribution in [1.29, 1.82) is 0 Å². The zero-order valence-electron chi connectivity index (χ0n) is 19.9. The number of nitrogens with zero attached hydrogens (tertiary/aromatic N) is 3. The summed E-state index contributed by atoms with van der Waals surface area (Å²) < 4.78 is 16.5. The highest BCUT2D eigenvalue weighted by atomic mass is 16.5. The van der Waals surface area contributed by atoms with Gasteiger partial charge in [0, 0.05) is 43.3 Å². The van der Waals surface area contributed by atoms with Gasteiger partial charge >= 0.3 is 0 Å². The summed E-state index contributed by atoms with van der Waals surface area (Å²) >= 11 is 0. The van der Waals surface area contributed by atoms with E-state index in [4.69, 9.17) is 13.9 Å². The lowest BCUT2D eigenvalue weighted by atomic mass is 10.1. The number of nitrogens with one attached hydrogen (secondary N) is 1. The second-order valence-electron chi connectivity index (χ2n) is 8.70. The Balaban J connectivity index is 1.31. The first-order valence-corrected chi connectivity index (χ1v) is 11.9. The molecule has 0 saturated carbocycles. The third-order valence-electron chi connectivity index (χ3n) is 6.34. The highest BCUT2D eigenvalue weighted by Crippen LogP contribution is 2.21. The molecular formula is C27H30N4O4. The standard InChI is InChI=1S/C27H30N4O4/c1-33-22-6-4-5-20(15-22)17-30(10-9-21-16-28-24-8-3-2-7-23(21)24)18-26-29-25(19-35-26)27(32)31-11-13-34-14-12-31/h2-8,15-16,19,28H,9-14,17-18H2,1H3. The first-order valence-electron chi connectivity index (χ1n) is 11.9. The highest BCUT2D eigenvalue weighted by Gasteiger charge is 2.22. The van der Waals surface area contributed by atoms with Crippen molar-refractivity contribution in [3.8, 4) is 5.75 Å². The van der Waals surface area contributed by atoms with Gasteiger partial charge in [0.05, 0.1) is 26.9 Å². The van der Waals surface area contributed by atoms with Crippen LogP contribution in [0.3, 0.4) is 0 Å². The fourth-order valence-corrected chi connectivity index (χ4v) is 4.46. The number of amides is 1. The second kappa shape index (κ2) is 10.8. The number of H-pyrrole nitrogens is 1. The Morgan fingerprint density at radius 1 is 1.14 bits per heavy atom. The van der Waals surface area contributed by atoms with Crippen molar-refractivity contribution in [3.63, 3.8) is 0 Å². The van der Waals surface area contributed by atoms with Crippen LogP contribution in [0.1, 0.15) is 27.5 Å². The van der Waals surface area contributed by atoms with Crippen LogP contribution in [0.25, 0.3) is 10.9 Å². The molecule has 8 nitrogen and oxygen atoms in total. The molecule has 2 aromatic heterocycles. The van der Waals surface area contributed by atoms with Crippen LogP contribution in [0.15, 0.2) is 65.4 Å². The number of morpholine rings is 1. The average molecular weight is 475 g/mol. The topological polar surface area (TPSA) is 83.8 Å². The summed E-state index contributed by atoms with van der Waals surface area (Å²) in [5, 5.41) is 1.24. The molecule has 1 saturated heterocycles. The van der Waals surface area contributed by atoms with Crippen molar-refractivity contribution in [2.24, 2.45) is 0 Å². The summed E-state index contributed by atoms with van der Waals surface area (Å²) in [6.07, 6.45) is 4.42. The molecule has 1 N–H and O–H groups in total. The molecule has 1 aliphatic rings. The van der Waals surface area contributed by atoms with Gasteiger partial charge in [-0.2, -0.15) is 0 Å². The first-order chi connectivity index (χ1) is 17.2. The van der Waals surface area contributed by atoms with Crippen molar-refractivity contribution in [2.75, 3.05) is 40.0 Å². The number of methoxy groups -OCH3 is 1. The van der Waals surface area contributed by atoms with Gasteiger partial charge in [-0.3, -0.25) is 9.69 Å². The number of fused-ring (bicyclic) bond motifs is 1. The van der Waals surface area contributed by atoms with Gasteiger partial charge in [0.25, 0.3) is 5.91 Å². The summed E-state index contributed by atoms with van der Waals surface area (Å²) in [6.45, 7) is 4.26. The molecule has 0 atom stereocenters. The van der Waals surface area contributed by atoms with Crippen LogP contribution in [-0.4, -0.2) is 65.6 Å². The second-order valence-corrected chi connectivity index (χ2v) is 8.70. The lowest BCUT2D eigenvalue weighted by Crippen LogP contribution is -2.40. The van der Waals surface area contributed by atoms with Crippen LogP contribution in [0.4, 0.5) is 0 Å². The van der Waals surface area contributed by atoms with E-state index < -0.39 is 0 Å². The number of benzene rings is 2. The minimum Gasteiger partial charge on any atom is -0.497 e. The van der Waals surface area contributed by atoms with Gasteiger partial charge in [-0.1, -0.05) is 30.3 Å². The predicted octanol–water partition coefficient (Wildman–Crippen LogP) is 3.88. The van der Waals surface area contributed by atoms with Gasteiger partial charge in [-0.15, -0.1) is 0 Å². The summed E-state index contributed by atoms with van der Waals surface area (Å²) in [4.78, 5) is 24.7. The summed E-state index contributed by atoms with van der Waals surface area (Å²) in [5.74, 6) is 1.25. The number of para-hydroxylation sites is 1. The van der Waals surface area contributed by atoms with E-state index in [-0.39, 0.29) is 5.91 Å². The fourth-order valence-electron chi connectivity index (χ4n) is 4.46. The number of aromatic amines is 1. The minimum atomic E-state index is -0.110. The Bertz CT molecular complexity index is 1270. The van der Waals surface area contributed by atoms with Crippen LogP contribution in [-0.2, 0) is 24.2 Å². The maximum absolute atomic E-state index is 12.8. The van der Waals surface area contributed by atoms with Crippen LogP contribution in [0.5, 0.6) is 5.75 Å². The fraction of sp³-hybridized carbons (Fsp3) is 0.333. The molecule has 1 aliphatic heterocycles. The Labute approximate surface area is 204 Å². The van der Waals surface area contributed by atoms with E-state index in [0.717, 1.165) is 29.8 Å². The Kier molecular flexibility index (Phi) is 7.11. The van der Waals surface area contributed by atoms with Gasteiger partial charge < -0.3 is 23.8 Å². The van der Waals surface area contributed by atoms with E-state index in [1.54, 1.807) is 12.0 Å². The molecule has 182 valence electrons. The molecule has 0 radical (unpaired) electrons. The van der Waals surface area contributed by atoms with Gasteiger partial charge in [0.2, 0.25) is 5.89 Å². The van der Waals surface area contributed by atoms with E-state index >= 15 is 0 Å². The van der Waals surface area contributed by atoms with Crippen molar-refractivity contribution >= 4 is 16.8 Å². The number of carbonyl (C=O) groups excluding carboxylic acids is 1. The molecule has 1 amide bonds. The predicted molar refractivity (Wildman–Crippen MR) is 132 cm³/mol. The largest absolute Gasteiger partial charge is 0.497 e. The molecule has 0 spiro atoms. The molecule has 4 aromatic rings. The zero-order valence-corrected chi connectivity index (χ0v) is 19.9. The summed E-state index contributed by atoms with van der Waals surface area (Å²) in [7, 11) is 1.67. The molecule has 0 unspecified atom stereocenters. The Morgan fingerprint density at radius 2 is 2.00 bits per heavy atom. The van der Waals surface area contributed by atoms with Crippen molar-refractivity contribution < 1.29 is 18.7 Å². The third kappa shape index (κ3) is 5.55. The molecule has 5 rings (SSSR count). The van der Waals surface area contributed by atoms with Crippen LogP contribution in [0.2, 0.25) is 0 Å². The quantitative estimate of drug-likeness (QED) is 0.396.